The Labute approximate surface area is 342 Å². The molecule has 0 aliphatic rings. The monoisotopic (exact) mass is 821 g/mol. The zero-order valence-electron chi connectivity index (χ0n) is 34.5. The minimum Gasteiger partial charge on any atom is -0.480 e. The number of aliphatic hydroxyl groups is 1. The van der Waals surface area contributed by atoms with Gasteiger partial charge in [0.15, 0.2) is 6.10 Å². The van der Waals surface area contributed by atoms with Crippen LogP contribution in [0.4, 0.5) is 0 Å². The smallest absolute Gasteiger partial charge is 0.472 e. The van der Waals surface area contributed by atoms with Gasteiger partial charge in [-0.05, 0) is 77.0 Å². The van der Waals surface area contributed by atoms with Crippen LogP contribution in [-0.4, -0.2) is 71.1 Å². The quantitative estimate of drug-likeness (QED) is 0.0153. The molecule has 0 rings (SSSR count). The van der Waals surface area contributed by atoms with E-state index in [1.165, 1.54) is 19.3 Å². The van der Waals surface area contributed by atoms with Crippen LogP contribution in [0.3, 0.4) is 0 Å². The van der Waals surface area contributed by atoms with E-state index >= 15 is 0 Å². The van der Waals surface area contributed by atoms with Crippen molar-refractivity contribution in [2.45, 2.75) is 154 Å². The third kappa shape index (κ3) is 37.9. The number of phosphoric ester groups is 1. The van der Waals surface area contributed by atoms with Crippen LogP contribution < -0.4 is 5.73 Å². The van der Waals surface area contributed by atoms with Gasteiger partial charge in [-0.1, -0.05) is 131 Å². The third-order valence-corrected chi connectivity index (χ3v) is 9.18. The first-order valence-electron chi connectivity index (χ1n) is 20.7. The molecule has 2 unspecified atom stereocenters. The van der Waals surface area contributed by atoms with Gasteiger partial charge in [-0.3, -0.25) is 23.4 Å². The lowest BCUT2D eigenvalue weighted by Gasteiger charge is -2.20. The Balaban J connectivity index is 4.65. The summed E-state index contributed by atoms with van der Waals surface area (Å²) in [5.41, 5.74) is 5.31. The summed E-state index contributed by atoms with van der Waals surface area (Å²) >= 11 is 0. The number of unbranched alkanes of at least 4 members (excludes halogenated alkanes) is 8. The number of ether oxygens (including phenoxy) is 2. The highest BCUT2D eigenvalue weighted by molar-refractivity contribution is 7.47. The molecule has 0 radical (unpaired) electrons. The van der Waals surface area contributed by atoms with Gasteiger partial charge in [0.05, 0.1) is 19.3 Å². The molecule has 57 heavy (non-hydrogen) atoms. The Bertz CT molecular complexity index is 1300. The van der Waals surface area contributed by atoms with Gasteiger partial charge in [-0.25, -0.2) is 4.57 Å². The number of aliphatic carboxylic acids is 1. The number of hydrogen-bond acceptors (Lipinski definition) is 10. The number of rotatable bonds is 37. The topological polar surface area (TPSA) is 192 Å². The average Bonchev–Trinajstić information content (AvgIpc) is 3.18. The summed E-state index contributed by atoms with van der Waals surface area (Å²) in [4.78, 5) is 45.9. The van der Waals surface area contributed by atoms with E-state index in [2.05, 4.69) is 79.1 Å². The van der Waals surface area contributed by atoms with E-state index in [0.717, 1.165) is 70.6 Å². The van der Waals surface area contributed by atoms with Crippen molar-refractivity contribution in [2.24, 2.45) is 5.73 Å². The fourth-order valence-corrected chi connectivity index (χ4v) is 5.72. The highest BCUT2D eigenvalue weighted by Crippen LogP contribution is 2.43. The Morgan fingerprint density at radius 1 is 0.649 bits per heavy atom. The average molecular weight is 822 g/mol. The van der Waals surface area contributed by atoms with E-state index in [9.17, 15) is 28.9 Å². The maximum Gasteiger partial charge on any atom is 0.472 e. The number of carboxylic acids is 1. The number of carboxylic acid groups (broad SMARTS) is 1. The van der Waals surface area contributed by atoms with Crippen LogP contribution >= 0.6 is 7.82 Å². The van der Waals surface area contributed by atoms with E-state index < -0.39 is 63.8 Å². The van der Waals surface area contributed by atoms with Crippen LogP contribution in [0.1, 0.15) is 136 Å². The molecule has 0 saturated carbocycles. The van der Waals surface area contributed by atoms with Crippen LogP contribution in [0.2, 0.25) is 0 Å². The number of aliphatic hydroxyl groups excluding tert-OH is 1. The molecule has 0 bridgehead atoms. The molecule has 324 valence electrons. The van der Waals surface area contributed by atoms with Crippen molar-refractivity contribution in [3.63, 3.8) is 0 Å². The fraction of sp³-hybridized carbons (Fsp3) is 0.614. The number of hydrogen-bond donors (Lipinski definition) is 4. The molecule has 5 N–H and O–H groups in total. The fourth-order valence-electron chi connectivity index (χ4n) is 4.94. The zero-order chi connectivity index (χ0) is 42.2. The first-order chi connectivity index (χ1) is 27.5. The van der Waals surface area contributed by atoms with E-state index in [4.69, 9.17) is 24.8 Å². The van der Waals surface area contributed by atoms with Gasteiger partial charge in [0.2, 0.25) is 0 Å². The van der Waals surface area contributed by atoms with Gasteiger partial charge in [0.25, 0.3) is 0 Å². The second kappa shape index (κ2) is 38.2. The normalized spacial score (nSPS) is 15.2. The predicted octanol–water partition coefficient (Wildman–Crippen LogP) is 9.69. The van der Waals surface area contributed by atoms with Gasteiger partial charge in [-0.15, -0.1) is 0 Å². The molecule has 12 nitrogen and oxygen atoms in total. The van der Waals surface area contributed by atoms with Crippen LogP contribution in [0.25, 0.3) is 0 Å². The number of carbonyl (C=O) groups excluding carboxylic acids is 2. The zero-order valence-corrected chi connectivity index (χ0v) is 35.4. The molecule has 0 spiro atoms. The third-order valence-electron chi connectivity index (χ3n) is 8.23. The molecule has 4 atom stereocenters. The highest BCUT2D eigenvalue weighted by Gasteiger charge is 2.28. The molecular formula is C44H72NO11P. The van der Waals surface area contributed by atoms with Gasteiger partial charge >= 0.3 is 25.7 Å². The maximum absolute atomic E-state index is 12.6. The van der Waals surface area contributed by atoms with Gasteiger partial charge < -0.3 is 30.3 Å². The Morgan fingerprint density at radius 3 is 1.82 bits per heavy atom. The Morgan fingerprint density at radius 2 is 1.19 bits per heavy atom. The lowest BCUT2D eigenvalue weighted by atomic mass is 10.1. The lowest BCUT2D eigenvalue weighted by molar-refractivity contribution is -0.161. The largest absolute Gasteiger partial charge is 0.480 e. The minimum atomic E-state index is -4.78. The van der Waals surface area contributed by atoms with Crippen molar-refractivity contribution in [3.05, 3.63) is 85.1 Å². The van der Waals surface area contributed by atoms with Crippen molar-refractivity contribution in [1.29, 1.82) is 0 Å². The van der Waals surface area contributed by atoms with E-state index in [1.807, 2.05) is 12.2 Å². The first kappa shape index (κ1) is 53.6. The number of nitrogens with two attached hydrogens (primary N) is 1. The van der Waals surface area contributed by atoms with Crippen molar-refractivity contribution < 1.29 is 52.6 Å². The molecule has 0 aromatic rings. The van der Waals surface area contributed by atoms with Crippen molar-refractivity contribution in [1.82, 2.24) is 0 Å². The van der Waals surface area contributed by atoms with Gasteiger partial charge in [0.1, 0.15) is 12.6 Å². The predicted molar refractivity (Wildman–Crippen MR) is 227 cm³/mol. The first-order valence-corrected chi connectivity index (χ1v) is 22.2. The summed E-state index contributed by atoms with van der Waals surface area (Å²) in [5, 5.41) is 19.1. The van der Waals surface area contributed by atoms with Crippen molar-refractivity contribution in [3.8, 4) is 0 Å². The molecule has 0 fully saturated rings. The molecule has 0 aliphatic carbocycles. The number of carbonyl (C=O) groups is 3. The standard InChI is InChI=1S/C44H72NO11P/c1-3-5-7-9-11-13-15-17-18-20-22-24-26-28-30-34-42(47)53-36-40(37-54-57(51,52)55-38-41(45)44(49)50)56-43(48)35-31-33-39(46)32-29-27-25-23-21-19-16-14-12-10-8-6-4-2/h6,8,11-14,17-19,21,25,27,29,32,39-41,46H,3-5,7,9-10,15-16,20,22-24,26,28,30-31,33-38,45H2,1-2H3,(H,49,50)(H,51,52)/b8-6-,13-11-,14-12-,18-17-,21-19-,27-25-,32-29+/t39?,40-,41+/m1/s1. The SMILES string of the molecule is CC/C=C\C/C=C\C/C=C\C/C=C\C=C\C(O)CCCC(=O)O[C@H](COC(=O)CCCCCCC/C=C\C/C=C\CCCCC)COP(=O)(O)OC[C@H](N)C(=O)O. The second-order valence-electron chi connectivity index (χ2n) is 13.6. The number of esters is 2. The minimum absolute atomic E-state index is 0.0773. The van der Waals surface area contributed by atoms with E-state index in [1.54, 1.807) is 12.2 Å². The molecule has 13 heteroatoms. The van der Waals surface area contributed by atoms with Crippen molar-refractivity contribution >= 4 is 25.7 Å². The van der Waals surface area contributed by atoms with Crippen LogP contribution in [0, 0.1) is 0 Å². The second-order valence-corrected chi connectivity index (χ2v) is 15.0. The van der Waals surface area contributed by atoms with Crippen LogP contribution in [-0.2, 0) is 37.5 Å². The summed E-state index contributed by atoms with van der Waals surface area (Å²) in [5.74, 6) is -2.64. The number of phosphoric acid groups is 1. The summed E-state index contributed by atoms with van der Waals surface area (Å²) in [7, 11) is -4.78. The maximum atomic E-state index is 12.6. The van der Waals surface area contributed by atoms with Gasteiger partial charge in [0, 0.05) is 12.8 Å². The Hall–Kier alpha value is -3.38. The van der Waals surface area contributed by atoms with E-state index in [0.29, 0.717) is 6.42 Å². The Kier molecular flexibility index (Phi) is 35.9. The summed E-state index contributed by atoms with van der Waals surface area (Å²) < 4.78 is 32.5. The summed E-state index contributed by atoms with van der Waals surface area (Å²) in [6.45, 7) is 2.42. The molecule has 0 amide bonds. The van der Waals surface area contributed by atoms with Gasteiger partial charge in [-0.2, -0.15) is 0 Å². The van der Waals surface area contributed by atoms with Crippen LogP contribution in [0.15, 0.2) is 85.1 Å². The molecule has 0 aromatic heterocycles. The summed E-state index contributed by atoms with van der Waals surface area (Å²) in [6, 6.07) is -1.56. The molecule has 0 aliphatic heterocycles. The van der Waals surface area contributed by atoms with Crippen molar-refractivity contribution in [2.75, 3.05) is 19.8 Å². The van der Waals surface area contributed by atoms with E-state index in [-0.39, 0.29) is 25.7 Å². The number of allylic oxidation sites excluding steroid dienone is 13. The highest BCUT2D eigenvalue weighted by atomic mass is 31.2. The molecular weight excluding hydrogens is 749 g/mol. The van der Waals surface area contributed by atoms with Crippen LogP contribution in [0.5, 0.6) is 0 Å². The molecule has 0 heterocycles. The molecule has 0 saturated heterocycles. The molecule has 0 aromatic carbocycles. The lowest BCUT2D eigenvalue weighted by Crippen LogP contribution is -2.34. The summed E-state index contributed by atoms with van der Waals surface area (Å²) in [6.07, 6.45) is 42.5.